The van der Waals surface area contributed by atoms with Gasteiger partial charge in [0.25, 0.3) is 0 Å². The van der Waals surface area contributed by atoms with Gasteiger partial charge < -0.3 is 0 Å². The van der Waals surface area contributed by atoms with Crippen LogP contribution in [0.15, 0.2) is 0 Å². The Hall–Kier alpha value is -0.840. The lowest BCUT2D eigenvalue weighted by molar-refractivity contribution is -0.142. The molecular formula is C9H16F12. The Morgan fingerprint density at radius 3 is 0.762 bits per heavy atom. The van der Waals surface area contributed by atoms with Crippen LogP contribution in [0.1, 0.15) is 20.3 Å². The second-order valence-electron chi connectivity index (χ2n) is 2.42. The Morgan fingerprint density at radius 2 is 0.762 bits per heavy atom. The van der Waals surface area contributed by atoms with Crippen molar-refractivity contribution in [1.82, 2.24) is 0 Å². The van der Waals surface area contributed by atoms with E-state index in [-0.39, 0.29) is 13.6 Å². The molecule has 0 aromatic heterocycles. The van der Waals surface area contributed by atoms with Gasteiger partial charge in [-0.2, -0.15) is 26.3 Å². The zero-order chi connectivity index (χ0) is 18.5. The van der Waals surface area contributed by atoms with Gasteiger partial charge in [0, 0.05) is 6.92 Å². The maximum atomic E-state index is 10.7. The molecule has 0 rings (SSSR count). The number of rotatable bonds is 1. The number of alkyl halides is 12. The molecule has 0 saturated heterocycles. The van der Waals surface area contributed by atoms with Crippen LogP contribution in [-0.4, -0.2) is 39.6 Å². The van der Waals surface area contributed by atoms with Crippen LogP contribution in [0.25, 0.3) is 0 Å². The summed E-state index contributed by atoms with van der Waals surface area (Å²) >= 11 is 0. The molecule has 0 aromatic rings. The highest BCUT2D eigenvalue weighted by molar-refractivity contribution is 4.39. The minimum absolute atomic E-state index is 0.181. The third kappa shape index (κ3) is 565. The first-order valence-corrected chi connectivity index (χ1v) is 4.80. The van der Waals surface area contributed by atoms with Crippen molar-refractivity contribution in [2.24, 2.45) is 0 Å². The number of hydrogen-bond acceptors (Lipinski definition) is 0. The van der Waals surface area contributed by atoms with Gasteiger partial charge in [0.05, 0.1) is 6.67 Å². The van der Waals surface area contributed by atoms with Gasteiger partial charge in [-0.05, 0) is 6.42 Å². The van der Waals surface area contributed by atoms with E-state index in [2.05, 4.69) is 0 Å². The van der Waals surface area contributed by atoms with Gasteiger partial charge in [0.1, 0.15) is 0 Å². The average molecular weight is 352 g/mol. The summed E-state index contributed by atoms with van der Waals surface area (Å²) in [6.45, 7) is -3.92. The minimum Gasteiger partial charge on any atom is -0.251 e. The Labute approximate surface area is 114 Å². The predicted octanol–water partition coefficient (Wildman–Crippen LogP) is 6.22. The van der Waals surface area contributed by atoms with Crippen LogP contribution in [-0.2, 0) is 0 Å². The second kappa shape index (κ2) is 24.2. The zero-order valence-corrected chi connectivity index (χ0v) is 11.1. The average Bonchev–Trinajstić information content (AvgIpc) is 2.28. The van der Waals surface area contributed by atoms with Crippen LogP contribution in [0.5, 0.6) is 0 Å². The van der Waals surface area contributed by atoms with E-state index < -0.39 is 32.9 Å². The summed E-state index contributed by atoms with van der Waals surface area (Å²) in [6, 6.07) is 0. The van der Waals surface area contributed by atoms with Gasteiger partial charge in [-0.3, -0.25) is 4.39 Å². The Morgan fingerprint density at radius 1 is 0.667 bits per heavy atom. The van der Waals surface area contributed by atoms with E-state index in [1.807, 2.05) is 0 Å². The van der Waals surface area contributed by atoms with Crippen molar-refractivity contribution in [2.75, 3.05) is 27.2 Å². The topological polar surface area (TPSA) is 0 Å². The van der Waals surface area contributed by atoms with Crippen LogP contribution in [0.3, 0.4) is 0 Å². The van der Waals surface area contributed by atoms with E-state index in [4.69, 9.17) is 0 Å². The molecule has 0 nitrogen and oxygen atoms in total. The number of halogens is 12. The Bertz CT molecular complexity index is 131. The highest BCUT2D eigenvalue weighted by Crippen LogP contribution is 2.13. The highest BCUT2D eigenvalue weighted by atomic mass is 19.4. The molecule has 0 amide bonds. The fraction of sp³-hybridized carbons (Fsp3) is 1.00. The second-order valence-corrected chi connectivity index (χ2v) is 2.42. The summed E-state index contributed by atoms with van der Waals surface area (Å²) in [5.74, 6) is 0. The minimum atomic E-state index is -4.62. The molecule has 0 bridgehead atoms. The fourth-order valence-corrected chi connectivity index (χ4v) is 0. The van der Waals surface area contributed by atoms with E-state index in [1.165, 1.54) is 0 Å². The molecule has 12 heteroatoms. The van der Waals surface area contributed by atoms with E-state index in [9.17, 15) is 52.7 Å². The maximum absolute atomic E-state index is 10.7. The summed E-state index contributed by atoms with van der Waals surface area (Å²) in [6.07, 6.45) is -7.97. The molecule has 0 unspecified atom stereocenters. The third-order valence-electron chi connectivity index (χ3n) is 0.341. The van der Waals surface area contributed by atoms with Crippen molar-refractivity contribution >= 4 is 0 Å². The first-order chi connectivity index (χ1) is 9.30. The standard InChI is InChI=1S/C3H7F.C2H2F4.C2H3F3.2CH2F2/c1-2-3-4;3-1-2(4,5)6;1-2(3,4)5;2*2-1-3/h2-3H2,1H3;1H2;1H3;2*1H2. The molecule has 0 aliphatic rings. The molecular weight excluding hydrogens is 336 g/mol. The van der Waals surface area contributed by atoms with Gasteiger partial charge in [0.2, 0.25) is 13.9 Å². The summed E-state index contributed by atoms with van der Waals surface area (Å²) in [5, 5.41) is 0. The smallest absolute Gasteiger partial charge is 0.251 e. The molecule has 0 aliphatic heterocycles. The maximum Gasteiger partial charge on any atom is 0.416 e. The molecule has 0 spiro atoms. The predicted molar refractivity (Wildman–Crippen MR) is 54.2 cm³/mol. The summed E-state index contributed by atoms with van der Waals surface area (Å²) < 4.78 is 122. The molecule has 0 aromatic carbocycles. The van der Waals surface area contributed by atoms with Gasteiger partial charge in [0.15, 0.2) is 6.67 Å². The molecule has 21 heavy (non-hydrogen) atoms. The number of hydrogen-bond donors (Lipinski definition) is 0. The van der Waals surface area contributed by atoms with Crippen molar-refractivity contribution in [2.45, 2.75) is 32.6 Å². The normalized spacial score (nSPS) is 9.43. The van der Waals surface area contributed by atoms with Crippen LogP contribution < -0.4 is 0 Å². The lowest BCUT2D eigenvalue weighted by Gasteiger charge is -1.93. The molecule has 0 atom stereocenters. The molecule has 0 N–H and O–H groups in total. The molecule has 0 aliphatic carbocycles. The van der Waals surface area contributed by atoms with Gasteiger partial charge in [-0.1, -0.05) is 6.92 Å². The van der Waals surface area contributed by atoms with Crippen molar-refractivity contribution in [1.29, 1.82) is 0 Å². The molecule has 0 saturated carbocycles. The SMILES string of the molecule is CC(F)(F)F.CCCF.FCC(F)(F)F.FCF.FCF. The van der Waals surface area contributed by atoms with Gasteiger partial charge >= 0.3 is 12.4 Å². The van der Waals surface area contributed by atoms with Crippen LogP contribution in [0.4, 0.5) is 52.7 Å². The summed E-state index contributed by atoms with van der Waals surface area (Å²) in [5.41, 5.74) is 0. The van der Waals surface area contributed by atoms with E-state index in [0.29, 0.717) is 6.42 Å². The third-order valence-corrected chi connectivity index (χ3v) is 0.341. The van der Waals surface area contributed by atoms with Gasteiger partial charge in [-0.15, -0.1) is 0 Å². The fourth-order valence-electron chi connectivity index (χ4n) is 0. The largest absolute Gasteiger partial charge is 0.416 e. The quantitative estimate of drug-likeness (QED) is 0.492. The van der Waals surface area contributed by atoms with Crippen molar-refractivity contribution in [3.63, 3.8) is 0 Å². The Kier molecular flexibility index (Phi) is 37.1. The molecule has 0 radical (unpaired) electrons. The Balaban J connectivity index is -0.0000000524. The summed E-state index contributed by atoms with van der Waals surface area (Å²) in [7, 11) is 0. The first-order valence-electron chi connectivity index (χ1n) is 4.80. The van der Waals surface area contributed by atoms with E-state index >= 15 is 0 Å². The summed E-state index contributed by atoms with van der Waals surface area (Å²) in [4.78, 5) is 0. The van der Waals surface area contributed by atoms with Crippen molar-refractivity contribution in [3.05, 3.63) is 0 Å². The molecule has 136 valence electrons. The molecule has 0 fully saturated rings. The van der Waals surface area contributed by atoms with E-state index in [1.54, 1.807) is 6.92 Å². The lowest BCUT2D eigenvalue weighted by atomic mass is 10.6. The van der Waals surface area contributed by atoms with E-state index in [0.717, 1.165) is 0 Å². The van der Waals surface area contributed by atoms with Crippen molar-refractivity contribution in [3.8, 4) is 0 Å². The van der Waals surface area contributed by atoms with Crippen LogP contribution in [0.2, 0.25) is 0 Å². The lowest BCUT2D eigenvalue weighted by Crippen LogP contribution is -2.08. The van der Waals surface area contributed by atoms with Gasteiger partial charge in [-0.25, -0.2) is 22.0 Å². The van der Waals surface area contributed by atoms with Crippen LogP contribution in [0, 0.1) is 0 Å². The highest BCUT2D eigenvalue weighted by Gasteiger charge is 2.26. The van der Waals surface area contributed by atoms with Crippen molar-refractivity contribution < 1.29 is 52.7 Å². The zero-order valence-electron chi connectivity index (χ0n) is 11.1. The molecule has 0 heterocycles. The van der Waals surface area contributed by atoms with Crippen LogP contribution >= 0.6 is 0 Å². The first kappa shape index (κ1) is 32.2. The monoisotopic (exact) mass is 352 g/mol.